The Labute approximate surface area is 369 Å². The fourth-order valence-corrected chi connectivity index (χ4v) is 11.2. The van der Waals surface area contributed by atoms with Crippen LogP contribution in [0.25, 0.3) is 11.5 Å². The molecular weight excluding hydrogens is 856 g/mol. The van der Waals surface area contributed by atoms with Gasteiger partial charge < -0.3 is 68.0 Å². The van der Waals surface area contributed by atoms with Crippen LogP contribution in [0.5, 0.6) is 11.5 Å². The van der Waals surface area contributed by atoms with E-state index in [9.17, 15) is 79.8 Å². The van der Waals surface area contributed by atoms with Crippen LogP contribution in [0.15, 0.2) is 70.2 Å². The number of aliphatic hydroxyl groups is 8. The first-order valence-corrected chi connectivity index (χ1v) is 20.0. The van der Waals surface area contributed by atoms with Crippen LogP contribution in [0.4, 0.5) is 0 Å². The van der Waals surface area contributed by atoms with Gasteiger partial charge in [-0.05, 0) is 63.3 Å². The highest BCUT2D eigenvalue weighted by Gasteiger charge is 2.70. The lowest BCUT2D eigenvalue weighted by Crippen LogP contribution is -2.70. The Morgan fingerprint density at radius 3 is 1.17 bits per heavy atom. The van der Waals surface area contributed by atoms with Crippen LogP contribution >= 0.6 is 0 Å². The van der Waals surface area contributed by atoms with E-state index < -0.39 is 151 Å². The number of likely N-dealkylation sites (N-methyl/N-ethyl adjacent to an activating group) is 2. The number of Topliss-reactive ketones (excluding diaryl/α,β-unsaturated/α-hetero) is 4. The molecule has 21 nitrogen and oxygen atoms in total. The van der Waals surface area contributed by atoms with E-state index in [1.807, 2.05) is 0 Å². The summed E-state index contributed by atoms with van der Waals surface area (Å²) >= 11 is 0. The van der Waals surface area contributed by atoms with E-state index in [0.29, 0.717) is 11.1 Å². The number of amides is 2. The van der Waals surface area contributed by atoms with Crippen molar-refractivity contribution >= 4 is 46.5 Å². The first-order valence-electron chi connectivity index (χ1n) is 20.0. The summed E-state index contributed by atoms with van der Waals surface area (Å²) in [4.78, 5) is 79.9. The van der Waals surface area contributed by atoms with E-state index in [1.54, 1.807) is 38.1 Å². The summed E-state index contributed by atoms with van der Waals surface area (Å²) in [6.45, 7) is 3.35. The lowest BCUT2D eigenvalue weighted by molar-refractivity contribution is -0.170. The van der Waals surface area contributed by atoms with Crippen LogP contribution in [0.1, 0.15) is 47.9 Å². The Balaban J connectivity index is 0.000000212. The second-order valence-corrected chi connectivity index (χ2v) is 17.6. The standard InChI is InChI=1S/2C22H24N2O8.H2O/c2*1-7-8-5-4-6-9(25)11(8)16(26)12-10(7)17(27)14-15(24(2)3)18(28)13(21(23)31)20(30)22(14,32)19(12)29;/h2*4-7,10,14-15,17,25-27,30,32H,1-3H3,(H2,23,31);1H2/t2*7-,10+,14+,15-,17-,22-;/m00./s1. The molecule has 2 amide bonds. The number of ketones is 4. The lowest BCUT2D eigenvalue weighted by atomic mass is 9.54. The smallest absolute Gasteiger partial charge is 0.255 e. The van der Waals surface area contributed by atoms with Gasteiger partial charge >= 0.3 is 0 Å². The molecule has 8 rings (SSSR count). The van der Waals surface area contributed by atoms with Crippen LogP contribution in [-0.4, -0.2) is 165 Å². The highest BCUT2D eigenvalue weighted by atomic mass is 16.4. The van der Waals surface area contributed by atoms with E-state index in [1.165, 1.54) is 50.1 Å². The minimum Gasteiger partial charge on any atom is -0.508 e. The molecule has 6 aliphatic carbocycles. The van der Waals surface area contributed by atoms with Gasteiger partial charge in [-0.3, -0.25) is 38.6 Å². The van der Waals surface area contributed by atoms with Gasteiger partial charge in [0.1, 0.15) is 45.7 Å². The number of rotatable bonds is 4. The topological polar surface area (TPSA) is 395 Å². The molecule has 12 atom stereocenters. The number of phenolic OH excluding ortho intramolecular Hbond substituents is 2. The van der Waals surface area contributed by atoms with Gasteiger partial charge in [0.25, 0.3) is 11.8 Å². The van der Waals surface area contributed by atoms with E-state index in [4.69, 9.17) is 11.5 Å². The monoisotopic (exact) mass is 906 g/mol. The SMILES string of the molecule is C[C@H]1c2cccc(O)c2C(O)=C2C(=O)[C@]3(O)C(O)=C(C(N)=O)C(=O)[C@@H](N(C)C)[C@@H]3[C@@H](O)[C@@H]21.C[C@H]1c2cccc(O)c2C(O)=C2C(=O)[C@]3(O)C(O)=C(C(N)=O)C(=O)[C@@H](N(C)C)[C@@H]3[C@@H](O)[C@@H]21.O. The number of nitrogens with zero attached hydrogens (tertiary/aromatic N) is 2. The summed E-state index contributed by atoms with van der Waals surface area (Å²) in [7, 11) is 5.84. The minimum atomic E-state index is -2.89. The van der Waals surface area contributed by atoms with Gasteiger partial charge in [0.15, 0.2) is 22.8 Å². The van der Waals surface area contributed by atoms with Crippen molar-refractivity contribution in [2.24, 2.45) is 35.1 Å². The number of benzene rings is 2. The lowest BCUT2D eigenvalue weighted by Gasteiger charge is -2.53. The second kappa shape index (κ2) is 15.9. The number of carbonyl (C=O) groups is 6. The average Bonchev–Trinajstić information content (AvgIpc) is 3.20. The summed E-state index contributed by atoms with van der Waals surface area (Å²) in [5.41, 5.74) is 2.94. The van der Waals surface area contributed by atoms with Crippen LogP contribution in [0, 0.1) is 23.7 Å². The molecule has 21 heteroatoms. The molecule has 2 fully saturated rings. The van der Waals surface area contributed by atoms with E-state index >= 15 is 0 Å². The second-order valence-electron chi connectivity index (χ2n) is 17.6. The first-order chi connectivity index (χ1) is 29.7. The molecule has 2 aromatic carbocycles. The number of carbonyl (C=O) groups excluding carboxylic acids is 6. The van der Waals surface area contributed by atoms with Crippen molar-refractivity contribution < 1.29 is 85.3 Å². The van der Waals surface area contributed by atoms with Gasteiger partial charge in [0, 0.05) is 23.0 Å². The highest BCUT2D eigenvalue weighted by molar-refractivity contribution is 6.26. The number of nitrogens with two attached hydrogens (primary N) is 2. The Morgan fingerprint density at radius 2 is 0.892 bits per heavy atom. The first kappa shape index (κ1) is 48.0. The number of aliphatic hydroxyl groups excluding tert-OH is 6. The molecule has 0 saturated heterocycles. The molecule has 0 spiro atoms. The molecule has 2 aromatic rings. The van der Waals surface area contributed by atoms with E-state index in [0.717, 1.165) is 0 Å². The van der Waals surface area contributed by atoms with Gasteiger partial charge in [-0.2, -0.15) is 0 Å². The maximum Gasteiger partial charge on any atom is 0.255 e. The summed E-state index contributed by atoms with van der Waals surface area (Å²) < 4.78 is 0. The van der Waals surface area contributed by atoms with Crippen molar-refractivity contribution in [3.63, 3.8) is 0 Å². The van der Waals surface area contributed by atoms with Crippen molar-refractivity contribution in [1.29, 1.82) is 0 Å². The third-order valence-corrected chi connectivity index (χ3v) is 14.0. The van der Waals surface area contributed by atoms with Gasteiger partial charge in [-0.1, -0.05) is 38.1 Å². The molecule has 0 unspecified atom stereocenters. The van der Waals surface area contributed by atoms with Crippen molar-refractivity contribution in [1.82, 2.24) is 9.80 Å². The molecule has 16 N–H and O–H groups in total. The van der Waals surface area contributed by atoms with Crippen LogP contribution in [-0.2, 0) is 28.8 Å². The third-order valence-electron chi connectivity index (χ3n) is 14.0. The number of fused-ring (bicyclic) bond motifs is 6. The Hall–Kier alpha value is -6.46. The zero-order valence-corrected chi connectivity index (χ0v) is 35.7. The maximum atomic E-state index is 13.7. The number of phenols is 2. The summed E-state index contributed by atoms with van der Waals surface area (Å²) in [5, 5.41) is 110. The molecular formula is C44H50N4O17. The molecule has 6 aliphatic rings. The molecule has 348 valence electrons. The van der Waals surface area contributed by atoms with Crippen molar-refractivity contribution in [3.8, 4) is 11.5 Å². The maximum absolute atomic E-state index is 13.7. The predicted molar refractivity (Wildman–Crippen MR) is 224 cm³/mol. The van der Waals surface area contributed by atoms with Gasteiger partial charge in [0.05, 0.1) is 47.3 Å². The van der Waals surface area contributed by atoms with Gasteiger partial charge in [-0.15, -0.1) is 0 Å². The van der Waals surface area contributed by atoms with Gasteiger partial charge in [0.2, 0.25) is 11.6 Å². The zero-order chi connectivity index (χ0) is 47.7. The Kier molecular flexibility index (Phi) is 11.7. The van der Waals surface area contributed by atoms with Crippen LogP contribution < -0.4 is 11.5 Å². The molecule has 0 heterocycles. The molecule has 65 heavy (non-hydrogen) atoms. The Morgan fingerprint density at radius 1 is 0.585 bits per heavy atom. The molecule has 2 saturated carbocycles. The normalized spacial score (nSPS) is 33.8. The largest absolute Gasteiger partial charge is 0.508 e. The minimum absolute atomic E-state index is 0. The summed E-state index contributed by atoms with van der Waals surface area (Å²) in [6.07, 6.45) is -3.18. The summed E-state index contributed by atoms with van der Waals surface area (Å²) in [5.74, 6) is -17.7. The van der Waals surface area contributed by atoms with E-state index in [-0.39, 0.29) is 28.1 Å². The highest BCUT2D eigenvalue weighted by Crippen LogP contribution is 2.58. The van der Waals surface area contributed by atoms with Crippen molar-refractivity contribution in [2.75, 3.05) is 28.2 Å². The van der Waals surface area contributed by atoms with Crippen LogP contribution in [0.2, 0.25) is 0 Å². The van der Waals surface area contributed by atoms with E-state index in [2.05, 4.69) is 0 Å². The number of hydrogen-bond donors (Lipinski definition) is 12. The average molecular weight is 907 g/mol. The molecule has 0 aromatic heterocycles. The number of hydrogen-bond acceptors (Lipinski definition) is 18. The Bertz CT molecular complexity index is 2450. The molecule has 0 bridgehead atoms. The zero-order valence-electron chi connectivity index (χ0n) is 35.7. The third kappa shape index (κ3) is 6.18. The number of primary amides is 2. The molecule has 0 aliphatic heterocycles. The quantitative estimate of drug-likeness (QED) is 0.150. The fraction of sp³-hybridized carbons (Fsp3) is 0.409. The summed E-state index contributed by atoms with van der Waals surface area (Å²) in [6, 6.07) is 6.26. The van der Waals surface area contributed by atoms with Gasteiger partial charge in [-0.25, -0.2) is 0 Å². The fourth-order valence-electron chi connectivity index (χ4n) is 11.2. The number of aromatic hydroxyl groups is 2. The van der Waals surface area contributed by atoms with Crippen LogP contribution in [0.3, 0.4) is 0 Å². The predicted octanol–water partition coefficient (Wildman–Crippen LogP) is -1.83. The van der Waals surface area contributed by atoms with Crippen molar-refractivity contribution in [3.05, 3.63) is 92.5 Å². The van der Waals surface area contributed by atoms with Crippen molar-refractivity contribution in [2.45, 2.75) is 61.2 Å². The molecule has 0 radical (unpaired) electrons.